The zero-order chi connectivity index (χ0) is 22.3. The van der Waals surface area contributed by atoms with Crippen molar-refractivity contribution < 1.29 is 49.0 Å². The van der Waals surface area contributed by atoms with Crippen LogP contribution in [0.5, 0.6) is 23.0 Å². The van der Waals surface area contributed by atoms with E-state index in [4.69, 9.17) is 34.3 Å². The highest BCUT2D eigenvalue weighted by Crippen LogP contribution is 2.47. The predicted molar refractivity (Wildman–Crippen MR) is 105 cm³/mol. The molecule has 0 aliphatic rings. The predicted octanol–water partition coefficient (Wildman–Crippen LogP) is 3.25. The third kappa shape index (κ3) is 5.88. The molecule has 0 saturated carbocycles. The van der Waals surface area contributed by atoms with Crippen LogP contribution in [0.3, 0.4) is 0 Å². The summed E-state index contributed by atoms with van der Waals surface area (Å²) in [6.07, 6.45) is -3.60. The van der Waals surface area contributed by atoms with E-state index in [1.807, 2.05) is 0 Å². The van der Waals surface area contributed by atoms with Crippen molar-refractivity contribution in [2.75, 3.05) is 13.2 Å². The summed E-state index contributed by atoms with van der Waals surface area (Å²) in [7, 11) is 0. The first-order valence-electron chi connectivity index (χ1n) is 9.23. The first kappa shape index (κ1) is 23.0. The Morgan fingerprint density at radius 2 is 1.43 bits per heavy atom. The van der Waals surface area contributed by atoms with Crippen LogP contribution in [-0.2, 0) is 0 Å². The highest BCUT2D eigenvalue weighted by Gasteiger charge is 2.25. The summed E-state index contributed by atoms with van der Waals surface area (Å²) >= 11 is 0. The van der Waals surface area contributed by atoms with Gasteiger partial charge in [-0.2, -0.15) is 0 Å². The van der Waals surface area contributed by atoms with Gasteiger partial charge in [0.15, 0.2) is 11.5 Å². The minimum atomic E-state index is -1.61. The summed E-state index contributed by atoms with van der Waals surface area (Å²) < 4.78 is 21.4. The molecule has 30 heavy (non-hydrogen) atoms. The Bertz CT molecular complexity index is 895. The lowest BCUT2D eigenvalue weighted by atomic mass is 10.1. The average Bonchev–Trinajstić information content (AvgIpc) is 2.64. The number of ether oxygens (including phenoxy) is 4. The molecule has 0 fully saturated rings. The maximum atomic E-state index is 11.4. The van der Waals surface area contributed by atoms with Crippen molar-refractivity contribution in [3.8, 4) is 23.0 Å². The van der Waals surface area contributed by atoms with E-state index in [1.54, 1.807) is 13.8 Å². The monoisotopic (exact) mass is 424 g/mol. The van der Waals surface area contributed by atoms with E-state index in [0.29, 0.717) is 0 Å². The molecular weight excluding hydrogens is 400 g/mol. The number of fused-ring (bicyclic) bond motifs is 1. The van der Waals surface area contributed by atoms with E-state index < -0.39 is 24.5 Å². The second-order valence-corrected chi connectivity index (χ2v) is 6.50. The van der Waals surface area contributed by atoms with Crippen molar-refractivity contribution in [3.63, 3.8) is 0 Å². The summed E-state index contributed by atoms with van der Waals surface area (Å²) in [6, 6.07) is 5.85. The lowest BCUT2D eigenvalue weighted by Crippen LogP contribution is -2.18. The van der Waals surface area contributed by atoms with Crippen molar-refractivity contribution in [2.45, 2.75) is 38.9 Å². The molecule has 164 valence electrons. The molecule has 0 radical (unpaired) electrons. The number of aliphatic hydroxyl groups excluding tert-OH is 2. The second kappa shape index (κ2) is 10.5. The Morgan fingerprint density at radius 3 is 2.00 bits per heavy atom. The summed E-state index contributed by atoms with van der Waals surface area (Å²) in [6.45, 7) is 3.07. The van der Waals surface area contributed by atoms with Crippen LogP contribution in [-0.4, -0.2) is 58.2 Å². The zero-order valence-corrected chi connectivity index (χ0v) is 16.5. The molecule has 0 bridgehead atoms. The topological polar surface area (TPSA) is 152 Å². The molecule has 2 aromatic carbocycles. The zero-order valence-electron chi connectivity index (χ0n) is 16.5. The average molecular weight is 424 g/mol. The van der Waals surface area contributed by atoms with Crippen LogP contribution in [0, 0.1) is 0 Å². The SMILES string of the molecule is CC(CCO)Oc1cc2c(OC(=O)O)cccc2c(OC(=O)O)c1OC(C)CCO. The van der Waals surface area contributed by atoms with E-state index >= 15 is 0 Å². The van der Waals surface area contributed by atoms with Crippen molar-refractivity contribution in [3.05, 3.63) is 24.3 Å². The van der Waals surface area contributed by atoms with Crippen LogP contribution in [0.4, 0.5) is 9.59 Å². The molecule has 0 spiro atoms. The fraction of sp³-hybridized carbons (Fsp3) is 0.400. The van der Waals surface area contributed by atoms with Gasteiger partial charge in [-0.3, -0.25) is 0 Å². The van der Waals surface area contributed by atoms with Gasteiger partial charge in [0.05, 0.1) is 12.2 Å². The first-order chi connectivity index (χ1) is 14.3. The van der Waals surface area contributed by atoms with Gasteiger partial charge in [0, 0.05) is 36.8 Å². The summed E-state index contributed by atoms with van der Waals surface area (Å²) in [4.78, 5) is 22.4. The van der Waals surface area contributed by atoms with Gasteiger partial charge in [-0.25, -0.2) is 9.59 Å². The van der Waals surface area contributed by atoms with Crippen molar-refractivity contribution in [1.29, 1.82) is 0 Å². The normalized spacial score (nSPS) is 12.8. The number of hydrogen-bond acceptors (Lipinski definition) is 8. The van der Waals surface area contributed by atoms with E-state index in [2.05, 4.69) is 0 Å². The van der Waals surface area contributed by atoms with Crippen LogP contribution in [0.2, 0.25) is 0 Å². The van der Waals surface area contributed by atoms with Gasteiger partial charge in [0.1, 0.15) is 5.75 Å². The molecule has 0 heterocycles. The first-order valence-corrected chi connectivity index (χ1v) is 9.23. The molecule has 10 heteroatoms. The second-order valence-electron chi connectivity index (χ2n) is 6.50. The third-order valence-corrected chi connectivity index (χ3v) is 4.12. The maximum absolute atomic E-state index is 11.4. The maximum Gasteiger partial charge on any atom is 0.511 e. The summed E-state index contributed by atoms with van der Waals surface area (Å²) in [5.41, 5.74) is 0. The van der Waals surface area contributed by atoms with Crippen LogP contribution in [0.25, 0.3) is 10.8 Å². The molecule has 0 aromatic heterocycles. The van der Waals surface area contributed by atoms with E-state index in [1.165, 1.54) is 24.3 Å². The van der Waals surface area contributed by atoms with Crippen molar-refractivity contribution in [1.82, 2.24) is 0 Å². The molecule has 2 unspecified atom stereocenters. The Balaban J connectivity index is 2.74. The Kier molecular flexibility index (Phi) is 8.07. The van der Waals surface area contributed by atoms with Gasteiger partial charge in [-0.15, -0.1) is 0 Å². The van der Waals surface area contributed by atoms with Gasteiger partial charge < -0.3 is 39.4 Å². The summed E-state index contributed by atoms with van der Waals surface area (Å²) in [5, 5.41) is 37.0. The molecule has 10 nitrogen and oxygen atoms in total. The molecule has 2 atom stereocenters. The Hall–Kier alpha value is -3.24. The Labute approximate surface area is 172 Å². The molecule has 4 N–H and O–H groups in total. The lowest BCUT2D eigenvalue weighted by Gasteiger charge is -2.23. The number of carbonyl (C=O) groups is 2. The van der Waals surface area contributed by atoms with E-state index in [0.717, 1.165) is 0 Å². The van der Waals surface area contributed by atoms with Crippen molar-refractivity contribution >= 4 is 23.1 Å². The largest absolute Gasteiger partial charge is 0.511 e. The number of hydrogen-bond donors (Lipinski definition) is 4. The van der Waals surface area contributed by atoms with Gasteiger partial charge in [0.25, 0.3) is 0 Å². The quantitative estimate of drug-likeness (QED) is 0.330. The lowest BCUT2D eigenvalue weighted by molar-refractivity contribution is 0.127. The molecule has 0 aliphatic carbocycles. The fourth-order valence-corrected chi connectivity index (χ4v) is 2.79. The number of rotatable bonds is 10. The molecule has 2 aromatic rings. The van der Waals surface area contributed by atoms with Crippen LogP contribution in [0.1, 0.15) is 26.7 Å². The standard InChI is InChI=1S/C20H24O10/c1-11(6-8-21)27-16-10-14-13(4-3-5-15(14)29-19(23)24)17(30-20(25)26)18(16)28-12(2)7-9-22/h3-5,10-12,21-22H,6-9H2,1-2H3,(H,23,24)(H,25,26). The van der Waals surface area contributed by atoms with Crippen LogP contribution >= 0.6 is 0 Å². The molecule has 0 saturated heterocycles. The smallest absolute Gasteiger partial charge is 0.487 e. The molecule has 0 amide bonds. The number of benzene rings is 2. The van der Waals surface area contributed by atoms with Gasteiger partial charge in [-0.05, 0) is 26.0 Å². The Morgan fingerprint density at radius 1 is 0.833 bits per heavy atom. The van der Waals surface area contributed by atoms with E-state index in [-0.39, 0.29) is 59.8 Å². The molecule has 0 aliphatic heterocycles. The minimum Gasteiger partial charge on any atom is -0.487 e. The van der Waals surface area contributed by atoms with Gasteiger partial charge in [0.2, 0.25) is 5.75 Å². The number of aliphatic hydroxyl groups is 2. The highest BCUT2D eigenvalue weighted by atomic mass is 16.7. The van der Waals surface area contributed by atoms with E-state index in [9.17, 15) is 14.7 Å². The number of carboxylic acid groups (broad SMARTS) is 2. The highest BCUT2D eigenvalue weighted by molar-refractivity contribution is 5.98. The minimum absolute atomic E-state index is 0.0249. The van der Waals surface area contributed by atoms with Gasteiger partial charge >= 0.3 is 12.3 Å². The summed E-state index contributed by atoms with van der Waals surface area (Å²) in [5.74, 6) is -0.203. The van der Waals surface area contributed by atoms with Crippen LogP contribution < -0.4 is 18.9 Å². The van der Waals surface area contributed by atoms with Gasteiger partial charge in [-0.1, -0.05) is 12.1 Å². The molecular formula is C20H24O10. The van der Waals surface area contributed by atoms with Crippen molar-refractivity contribution in [2.24, 2.45) is 0 Å². The molecule has 2 rings (SSSR count). The third-order valence-electron chi connectivity index (χ3n) is 4.12. The fourth-order valence-electron chi connectivity index (χ4n) is 2.79. The van der Waals surface area contributed by atoms with Crippen LogP contribution in [0.15, 0.2) is 24.3 Å².